The number of hydrogen-bond donors (Lipinski definition) is 0. The van der Waals surface area contributed by atoms with Crippen molar-refractivity contribution in [2.45, 2.75) is 12.8 Å². The third-order valence-electron chi connectivity index (χ3n) is 5.88. The molecule has 0 aliphatic heterocycles. The van der Waals surface area contributed by atoms with Crippen molar-refractivity contribution in [2.24, 2.45) is 0 Å². The summed E-state index contributed by atoms with van der Waals surface area (Å²) in [6.45, 7) is 0. The third kappa shape index (κ3) is 4.88. The Kier molecular flexibility index (Phi) is 6.31. The number of hydrogen-bond acceptors (Lipinski definition) is 1. The van der Waals surface area contributed by atoms with Crippen molar-refractivity contribution in [1.82, 2.24) is 0 Å². The minimum atomic E-state index is 1.10. The van der Waals surface area contributed by atoms with E-state index in [1.807, 2.05) is 0 Å². The van der Waals surface area contributed by atoms with Gasteiger partial charge in [-0.05, 0) is 77.6 Å². The second-order valence-electron chi connectivity index (χ2n) is 8.16. The zero-order valence-electron chi connectivity index (χ0n) is 18.6. The molecular formula is C32H27N. The van der Waals surface area contributed by atoms with E-state index in [1.54, 1.807) is 0 Å². The fourth-order valence-electron chi connectivity index (χ4n) is 4.25. The molecule has 4 aromatic carbocycles. The fourth-order valence-corrected chi connectivity index (χ4v) is 4.25. The molecule has 0 N–H and O–H groups in total. The van der Waals surface area contributed by atoms with Crippen LogP contribution in [0.15, 0.2) is 139 Å². The quantitative estimate of drug-likeness (QED) is 0.279. The Hall–Kier alpha value is -4.10. The number of para-hydroxylation sites is 2. The molecule has 33 heavy (non-hydrogen) atoms. The number of allylic oxidation sites excluding steroid dienone is 5. The van der Waals surface area contributed by atoms with Gasteiger partial charge in [0, 0.05) is 17.1 Å². The summed E-state index contributed by atoms with van der Waals surface area (Å²) >= 11 is 0. The maximum atomic E-state index is 2.35. The molecule has 4 aromatic rings. The van der Waals surface area contributed by atoms with Crippen molar-refractivity contribution in [1.29, 1.82) is 0 Å². The molecule has 0 spiro atoms. The van der Waals surface area contributed by atoms with Gasteiger partial charge in [-0.15, -0.1) is 0 Å². The monoisotopic (exact) mass is 425 g/mol. The highest BCUT2D eigenvalue weighted by molar-refractivity contribution is 5.93. The largest absolute Gasteiger partial charge is 0.311 e. The maximum Gasteiger partial charge on any atom is 0.0462 e. The Balaban J connectivity index is 1.53. The molecule has 1 heteroatoms. The summed E-state index contributed by atoms with van der Waals surface area (Å²) in [7, 11) is 0. The van der Waals surface area contributed by atoms with Gasteiger partial charge in [0.15, 0.2) is 0 Å². The van der Waals surface area contributed by atoms with Gasteiger partial charge in [0.2, 0.25) is 0 Å². The van der Waals surface area contributed by atoms with Gasteiger partial charge >= 0.3 is 0 Å². The standard InChI is InChI=1S/C32H27N/c1-5-13-27(14-6-1)32(28-15-7-2-8-16-28)25-26-21-23-31(24-22-26)33(29-17-9-3-10-18-29)30-19-11-4-12-20-30/h1,3-7,9-25H,2,8H2. The number of nitrogens with zero attached hydrogens (tertiary/aromatic N) is 1. The highest BCUT2D eigenvalue weighted by atomic mass is 15.1. The van der Waals surface area contributed by atoms with Crippen LogP contribution in [0, 0.1) is 0 Å². The predicted molar refractivity (Wildman–Crippen MR) is 142 cm³/mol. The van der Waals surface area contributed by atoms with Gasteiger partial charge in [0.1, 0.15) is 0 Å². The van der Waals surface area contributed by atoms with Gasteiger partial charge in [0.25, 0.3) is 0 Å². The summed E-state index contributed by atoms with van der Waals surface area (Å²) in [6.07, 6.45) is 11.4. The van der Waals surface area contributed by atoms with E-state index >= 15 is 0 Å². The average molecular weight is 426 g/mol. The molecule has 0 fully saturated rings. The molecule has 1 nitrogen and oxygen atoms in total. The van der Waals surface area contributed by atoms with Gasteiger partial charge in [-0.3, -0.25) is 0 Å². The molecule has 0 atom stereocenters. The Labute approximate surface area is 196 Å². The van der Waals surface area contributed by atoms with Crippen LogP contribution in [0.4, 0.5) is 17.1 Å². The van der Waals surface area contributed by atoms with Gasteiger partial charge in [-0.1, -0.05) is 97.1 Å². The molecule has 1 aliphatic rings. The van der Waals surface area contributed by atoms with Crippen LogP contribution in [0.1, 0.15) is 24.0 Å². The Morgan fingerprint density at radius 3 is 1.67 bits per heavy atom. The van der Waals surface area contributed by atoms with E-state index in [1.165, 1.54) is 22.3 Å². The molecule has 160 valence electrons. The second-order valence-corrected chi connectivity index (χ2v) is 8.16. The first-order chi connectivity index (χ1) is 16.4. The summed E-state index contributed by atoms with van der Waals surface area (Å²) in [5.41, 5.74) is 8.44. The van der Waals surface area contributed by atoms with Crippen molar-refractivity contribution < 1.29 is 0 Å². The molecule has 0 bridgehead atoms. The van der Waals surface area contributed by atoms with E-state index in [4.69, 9.17) is 0 Å². The Bertz CT molecular complexity index is 1230. The third-order valence-corrected chi connectivity index (χ3v) is 5.88. The number of benzene rings is 4. The highest BCUT2D eigenvalue weighted by Gasteiger charge is 2.12. The minimum absolute atomic E-state index is 1.10. The van der Waals surface area contributed by atoms with E-state index in [0.717, 1.165) is 29.9 Å². The molecule has 0 unspecified atom stereocenters. The van der Waals surface area contributed by atoms with E-state index < -0.39 is 0 Å². The smallest absolute Gasteiger partial charge is 0.0462 e. The first-order valence-electron chi connectivity index (χ1n) is 11.5. The topological polar surface area (TPSA) is 3.24 Å². The lowest BCUT2D eigenvalue weighted by Gasteiger charge is -2.25. The predicted octanol–water partition coefficient (Wildman–Crippen LogP) is 8.97. The molecule has 0 amide bonds. The van der Waals surface area contributed by atoms with Crippen molar-refractivity contribution >= 4 is 28.7 Å². The Morgan fingerprint density at radius 2 is 1.12 bits per heavy atom. The lowest BCUT2D eigenvalue weighted by Crippen LogP contribution is -2.09. The van der Waals surface area contributed by atoms with Crippen molar-refractivity contribution in [3.63, 3.8) is 0 Å². The van der Waals surface area contributed by atoms with Gasteiger partial charge in [-0.25, -0.2) is 0 Å². The molecule has 0 saturated heterocycles. The molecule has 0 saturated carbocycles. The van der Waals surface area contributed by atoms with Crippen LogP contribution in [0.2, 0.25) is 0 Å². The zero-order chi connectivity index (χ0) is 22.3. The van der Waals surface area contributed by atoms with E-state index in [0.29, 0.717) is 0 Å². The normalized spacial score (nSPS) is 13.5. The summed E-state index contributed by atoms with van der Waals surface area (Å²) < 4.78 is 0. The SMILES string of the molecule is C1=CC(C(=Cc2ccc(N(c3ccccc3)c3ccccc3)cc2)c2ccccc2)=CCC1. The number of rotatable bonds is 6. The molecule has 0 radical (unpaired) electrons. The first-order valence-corrected chi connectivity index (χ1v) is 11.5. The summed E-state index contributed by atoms with van der Waals surface area (Å²) in [5, 5.41) is 0. The van der Waals surface area contributed by atoms with Gasteiger partial charge in [0.05, 0.1) is 0 Å². The van der Waals surface area contributed by atoms with Crippen LogP contribution in [0.5, 0.6) is 0 Å². The van der Waals surface area contributed by atoms with Crippen molar-refractivity contribution in [3.8, 4) is 0 Å². The summed E-state index contributed by atoms with van der Waals surface area (Å²) in [4.78, 5) is 2.29. The lowest BCUT2D eigenvalue weighted by atomic mass is 9.92. The van der Waals surface area contributed by atoms with E-state index in [-0.39, 0.29) is 0 Å². The van der Waals surface area contributed by atoms with Crippen molar-refractivity contribution in [3.05, 3.63) is 150 Å². The Morgan fingerprint density at radius 1 is 0.576 bits per heavy atom. The van der Waals surface area contributed by atoms with Gasteiger partial charge in [-0.2, -0.15) is 0 Å². The van der Waals surface area contributed by atoms with Crippen LogP contribution in [0.3, 0.4) is 0 Å². The van der Waals surface area contributed by atoms with Crippen LogP contribution >= 0.6 is 0 Å². The van der Waals surface area contributed by atoms with Crippen LogP contribution < -0.4 is 4.90 Å². The highest BCUT2D eigenvalue weighted by Crippen LogP contribution is 2.35. The maximum absolute atomic E-state index is 2.35. The van der Waals surface area contributed by atoms with E-state index in [9.17, 15) is 0 Å². The zero-order valence-corrected chi connectivity index (χ0v) is 18.6. The summed E-state index contributed by atoms with van der Waals surface area (Å²) in [6, 6.07) is 40.6. The molecule has 5 rings (SSSR count). The number of anilines is 3. The lowest BCUT2D eigenvalue weighted by molar-refractivity contribution is 1.03. The van der Waals surface area contributed by atoms with Crippen LogP contribution in [-0.2, 0) is 0 Å². The van der Waals surface area contributed by atoms with Crippen LogP contribution in [0.25, 0.3) is 11.6 Å². The van der Waals surface area contributed by atoms with Crippen molar-refractivity contribution in [2.75, 3.05) is 4.90 Å². The average Bonchev–Trinajstić information content (AvgIpc) is 2.91. The summed E-state index contributed by atoms with van der Waals surface area (Å²) in [5.74, 6) is 0. The first kappa shape index (κ1) is 20.8. The molecule has 0 aromatic heterocycles. The fraction of sp³-hybridized carbons (Fsp3) is 0.0625. The molecule has 0 heterocycles. The minimum Gasteiger partial charge on any atom is -0.311 e. The molecular weight excluding hydrogens is 398 g/mol. The van der Waals surface area contributed by atoms with Crippen LogP contribution in [-0.4, -0.2) is 0 Å². The van der Waals surface area contributed by atoms with Gasteiger partial charge < -0.3 is 4.90 Å². The second kappa shape index (κ2) is 10.0. The van der Waals surface area contributed by atoms with E-state index in [2.05, 4.69) is 144 Å². The molecule has 1 aliphatic carbocycles.